The molecule has 0 spiro atoms. The van der Waals surface area contributed by atoms with Gasteiger partial charge in [0.25, 0.3) is 0 Å². The molecule has 0 aliphatic carbocycles. The fourth-order valence-electron chi connectivity index (χ4n) is 2.26. The van der Waals surface area contributed by atoms with Gasteiger partial charge in [0.1, 0.15) is 21.3 Å². The highest BCUT2D eigenvalue weighted by molar-refractivity contribution is 7.20. The van der Waals surface area contributed by atoms with Crippen LogP contribution in [0.1, 0.15) is 21.1 Å². The van der Waals surface area contributed by atoms with Gasteiger partial charge in [-0.2, -0.15) is 0 Å². The smallest absolute Gasteiger partial charge is 0.346 e. The number of fused-ring (bicyclic) bond motifs is 1. The van der Waals surface area contributed by atoms with E-state index in [2.05, 4.69) is 15.3 Å². The number of hydrogen-bond acceptors (Lipinski definition) is 5. The van der Waals surface area contributed by atoms with Gasteiger partial charge in [-0.05, 0) is 37.6 Å². The lowest BCUT2D eigenvalue weighted by atomic mass is 10.2. The van der Waals surface area contributed by atoms with Crippen molar-refractivity contribution in [2.45, 2.75) is 13.8 Å². The molecule has 23 heavy (non-hydrogen) atoms. The van der Waals surface area contributed by atoms with Crippen molar-refractivity contribution in [3.8, 4) is 0 Å². The van der Waals surface area contributed by atoms with E-state index in [1.807, 2.05) is 0 Å². The fourth-order valence-corrected chi connectivity index (χ4v) is 3.78. The van der Waals surface area contributed by atoms with Gasteiger partial charge in [-0.1, -0.05) is 23.2 Å². The van der Waals surface area contributed by atoms with Crippen LogP contribution in [-0.2, 0) is 0 Å². The zero-order valence-corrected chi connectivity index (χ0v) is 14.5. The summed E-state index contributed by atoms with van der Waals surface area (Å²) in [5.41, 5.74) is 1.27. The molecule has 0 saturated carbocycles. The third-order valence-corrected chi connectivity index (χ3v) is 5.00. The number of rotatable bonds is 3. The Kier molecular flexibility index (Phi) is 4.14. The van der Waals surface area contributed by atoms with Crippen LogP contribution in [0.4, 0.5) is 11.5 Å². The van der Waals surface area contributed by atoms with Crippen LogP contribution in [-0.4, -0.2) is 21.0 Å². The zero-order valence-electron chi connectivity index (χ0n) is 12.1. The predicted molar refractivity (Wildman–Crippen MR) is 93.6 cm³/mol. The Morgan fingerprint density at radius 3 is 2.65 bits per heavy atom. The fraction of sp³-hybridized carbons (Fsp3) is 0.133. The number of hydrogen-bond donors (Lipinski definition) is 2. The van der Waals surface area contributed by atoms with E-state index < -0.39 is 5.97 Å². The van der Waals surface area contributed by atoms with Gasteiger partial charge in [0.15, 0.2) is 0 Å². The Morgan fingerprint density at radius 1 is 1.26 bits per heavy atom. The van der Waals surface area contributed by atoms with E-state index in [0.717, 1.165) is 11.3 Å². The highest BCUT2D eigenvalue weighted by Crippen LogP contribution is 2.36. The first-order valence-corrected chi connectivity index (χ1v) is 8.17. The SMILES string of the molecule is Cc1nc(Nc2ccc(Cl)cc2Cl)c2c(C)c(C(=O)O)sc2n1. The second kappa shape index (κ2) is 5.96. The van der Waals surface area contributed by atoms with Crippen molar-refractivity contribution in [2.75, 3.05) is 5.32 Å². The van der Waals surface area contributed by atoms with Crippen LogP contribution in [0.25, 0.3) is 10.2 Å². The van der Waals surface area contributed by atoms with Crippen LogP contribution in [0, 0.1) is 13.8 Å². The number of nitrogens with zero attached hydrogens (tertiary/aromatic N) is 2. The first-order chi connectivity index (χ1) is 10.9. The quantitative estimate of drug-likeness (QED) is 0.676. The Hall–Kier alpha value is -1.89. The molecule has 1 aromatic carbocycles. The highest BCUT2D eigenvalue weighted by Gasteiger charge is 2.20. The second-order valence-electron chi connectivity index (χ2n) is 4.91. The molecule has 5 nitrogen and oxygen atoms in total. The molecule has 0 bridgehead atoms. The lowest BCUT2D eigenvalue weighted by Crippen LogP contribution is -1.99. The lowest BCUT2D eigenvalue weighted by Gasteiger charge is -2.10. The monoisotopic (exact) mass is 367 g/mol. The van der Waals surface area contributed by atoms with Crippen molar-refractivity contribution in [3.63, 3.8) is 0 Å². The van der Waals surface area contributed by atoms with Crippen LogP contribution in [0.15, 0.2) is 18.2 Å². The van der Waals surface area contributed by atoms with Gasteiger partial charge in [0.05, 0.1) is 16.1 Å². The van der Waals surface area contributed by atoms with Crippen molar-refractivity contribution in [2.24, 2.45) is 0 Å². The molecule has 8 heteroatoms. The van der Waals surface area contributed by atoms with E-state index in [4.69, 9.17) is 23.2 Å². The number of halogens is 2. The average Bonchev–Trinajstić information content (AvgIpc) is 2.79. The number of thiophene rings is 1. The molecule has 0 unspecified atom stereocenters. The number of aromatic nitrogens is 2. The number of carbonyl (C=O) groups is 1. The predicted octanol–water partition coefficient (Wildman–Crippen LogP) is 5.06. The highest BCUT2D eigenvalue weighted by atomic mass is 35.5. The first kappa shape index (κ1) is 16.0. The van der Waals surface area contributed by atoms with Crippen molar-refractivity contribution in [1.82, 2.24) is 9.97 Å². The van der Waals surface area contributed by atoms with Crippen LogP contribution < -0.4 is 5.32 Å². The molecule has 0 saturated heterocycles. The van der Waals surface area contributed by atoms with Crippen molar-refractivity contribution >= 4 is 62.2 Å². The lowest BCUT2D eigenvalue weighted by molar-refractivity contribution is 0.0701. The third-order valence-electron chi connectivity index (χ3n) is 3.28. The van der Waals surface area contributed by atoms with E-state index in [-0.39, 0.29) is 4.88 Å². The van der Waals surface area contributed by atoms with Crippen molar-refractivity contribution in [1.29, 1.82) is 0 Å². The molecule has 2 aromatic heterocycles. The molecule has 0 aliphatic rings. The summed E-state index contributed by atoms with van der Waals surface area (Å²) >= 11 is 13.2. The molecule has 3 rings (SSSR count). The molecule has 2 heterocycles. The van der Waals surface area contributed by atoms with E-state index in [0.29, 0.717) is 43.2 Å². The minimum atomic E-state index is -0.973. The number of aryl methyl sites for hydroxylation is 2. The van der Waals surface area contributed by atoms with Gasteiger partial charge < -0.3 is 10.4 Å². The molecule has 0 aliphatic heterocycles. The largest absolute Gasteiger partial charge is 0.477 e. The van der Waals surface area contributed by atoms with Crippen molar-refractivity contribution in [3.05, 3.63) is 44.5 Å². The molecular formula is C15H11Cl2N3O2S. The number of carboxylic acids is 1. The summed E-state index contributed by atoms with van der Waals surface area (Å²) in [6.45, 7) is 3.50. The summed E-state index contributed by atoms with van der Waals surface area (Å²) in [7, 11) is 0. The van der Waals surface area contributed by atoms with E-state index in [1.165, 1.54) is 0 Å². The maximum absolute atomic E-state index is 11.3. The minimum Gasteiger partial charge on any atom is -0.477 e. The van der Waals surface area contributed by atoms with E-state index in [1.54, 1.807) is 32.0 Å². The first-order valence-electron chi connectivity index (χ1n) is 6.60. The Morgan fingerprint density at radius 2 is 2.00 bits per heavy atom. The molecule has 118 valence electrons. The summed E-state index contributed by atoms with van der Waals surface area (Å²) in [6, 6.07) is 5.08. The van der Waals surface area contributed by atoms with Crippen LogP contribution in [0.5, 0.6) is 0 Å². The standard InChI is InChI=1S/C15H11Cl2N3O2S/c1-6-11-13(20-10-4-3-8(16)5-9(10)17)18-7(2)19-14(11)23-12(6)15(21)22/h3-5H,1-2H3,(H,21,22)(H,18,19,20). The number of anilines is 2. The van der Waals surface area contributed by atoms with Gasteiger partial charge in [0, 0.05) is 5.02 Å². The normalized spacial score (nSPS) is 11.0. The summed E-state index contributed by atoms with van der Waals surface area (Å²) in [6.07, 6.45) is 0. The minimum absolute atomic E-state index is 0.255. The van der Waals surface area contributed by atoms with Crippen LogP contribution >= 0.6 is 34.5 Å². The number of carboxylic acid groups (broad SMARTS) is 1. The van der Waals surface area contributed by atoms with Crippen LogP contribution in [0.2, 0.25) is 10.0 Å². The molecule has 0 radical (unpaired) electrons. The molecule has 2 N–H and O–H groups in total. The number of benzene rings is 1. The second-order valence-corrected chi connectivity index (χ2v) is 6.75. The third kappa shape index (κ3) is 2.97. The number of nitrogens with one attached hydrogen (secondary N) is 1. The Balaban J connectivity index is 2.18. The molecule has 0 atom stereocenters. The number of aromatic carboxylic acids is 1. The Labute approximate surface area is 145 Å². The zero-order chi connectivity index (χ0) is 16.7. The molecule has 0 amide bonds. The maximum atomic E-state index is 11.3. The van der Waals surface area contributed by atoms with E-state index in [9.17, 15) is 9.90 Å². The maximum Gasteiger partial charge on any atom is 0.346 e. The van der Waals surface area contributed by atoms with E-state index >= 15 is 0 Å². The van der Waals surface area contributed by atoms with Gasteiger partial charge in [-0.25, -0.2) is 14.8 Å². The summed E-state index contributed by atoms with van der Waals surface area (Å²) in [5.74, 6) is 0.0971. The van der Waals surface area contributed by atoms with Gasteiger partial charge >= 0.3 is 5.97 Å². The topological polar surface area (TPSA) is 75.1 Å². The molecular weight excluding hydrogens is 357 g/mol. The van der Waals surface area contributed by atoms with Crippen molar-refractivity contribution < 1.29 is 9.90 Å². The Bertz CT molecular complexity index is 940. The summed E-state index contributed by atoms with van der Waals surface area (Å²) < 4.78 is 0. The average molecular weight is 368 g/mol. The van der Waals surface area contributed by atoms with Gasteiger partial charge in [-0.3, -0.25) is 0 Å². The molecule has 0 fully saturated rings. The summed E-state index contributed by atoms with van der Waals surface area (Å²) in [4.78, 5) is 20.9. The van der Waals surface area contributed by atoms with Gasteiger partial charge in [0.2, 0.25) is 0 Å². The van der Waals surface area contributed by atoms with Crippen LogP contribution in [0.3, 0.4) is 0 Å². The van der Waals surface area contributed by atoms with Gasteiger partial charge in [-0.15, -0.1) is 11.3 Å². The summed E-state index contributed by atoms with van der Waals surface area (Å²) in [5, 5.41) is 14.1. The molecule has 3 aromatic rings.